The smallest absolute Gasteiger partial charge is 0.267 e. The monoisotopic (exact) mass is 1060 g/mol. The number of amides is 9. The number of aliphatic imine (C=N–C) groups is 1. The summed E-state index contributed by atoms with van der Waals surface area (Å²) in [5.41, 5.74) is 39.7. The van der Waals surface area contributed by atoms with Crippen LogP contribution in [0, 0.1) is 0 Å². The number of carbonyl (C=O) groups excluding carboxylic acids is 9. The summed E-state index contributed by atoms with van der Waals surface area (Å²) in [6.45, 7) is 4.83. The van der Waals surface area contributed by atoms with Gasteiger partial charge in [0.15, 0.2) is 5.96 Å². The van der Waals surface area contributed by atoms with Gasteiger partial charge in [-0.2, -0.15) is 0 Å². The van der Waals surface area contributed by atoms with Gasteiger partial charge >= 0.3 is 0 Å². The Balaban J connectivity index is 2.24. The van der Waals surface area contributed by atoms with E-state index in [1.54, 1.807) is 13.8 Å². The van der Waals surface area contributed by atoms with Gasteiger partial charge in [-0.3, -0.25) is 48.1 Å². The maximum absolute atomic E-state index is 14.2. The van der Waals surface area contributed by atoms with E-state index in [1.165, 1.54) is 30.4 Å². The fourth-order valence-electron chi connectivity index (χ4n) is 7.68. The van der Waals surface area contributed by atoms with E-state index in [0.717, 1.165) is 0 Å². The Morgan fingerprint density at radius 1 is 0.787 bits per heavy atom. The normalized spacial score (nSPS) is 16.2. The molecule has 0 bridgehead atoms. The van der Waals surface area contributed by atoms with Crippen molar-refractivity contribution in [1.82, 2.24) is 57.4 Å². The van der Waals surface area contributed by atoms with E-state index in [4.69, 9.17) is 40.1 Å². The van der Waals surface area contributed by atoms with E-state index >= 15 is 0 Å². The summed E-state index contributed by atoms with van der Waals surface area (Å²) in [5, 5.41) is 31.0. The predicted molar refractivity (Wildman–Crippen MR) is 277 cm³/mol. The number of nitrogens with zero attached hydrogens (tertiary/aromatic N) is 3. The van der Waals surface area contributed by atoms with Crippen molar-refractivity contribution in [3.05, 3.63) is 30.0 Å². The van der Waals surface area contributed by atoms with Crippen LogP contribution in [0.1, 0.15) is 97.1 Å². The van der Waals surface area contributed by atoms with Crippen LogP contribution in [0.5, 0.6) is 0 Å². The minimum Gasteiger partial charge on any atom is -0.389 e. The standard InChI is InChI=1S/C46H83N19O10/c1-26(2)58-40(70)31(14-9-19-55-46(52)53)61-41(71)30(12-5-7-17-48)62-42(72)33(21-28-23-54-25-57-28)63-43(73)34-15-10-20-65(34)45(75)32(13-8-18-49)60-36(67)24-56-38(68)27(3)59-44(74)37(35(66)22-50)64-39(69)29(51)11-4-6-16-47/h14,23,25-27,29-30,32-35,37,66H,4-13,15-22,24,47-51H2,1-3H3,(H,54,57)(H,56,68)(H,58,70)(H,59,74)(H,60,67)(H,61,71)(H,62,72)(H,63,73)(H,64,69)(H4,52,53,55)/b31-14-/t27-,29-,30-,32+,33-,34-,35-,37-/m0/s1. The van der Waals surface area contributed by atoms with Crippen molar-refractivity contribution in [1.29, 1.82) is 0 Å². The molecule has 0 saturated carbocycles. The Kier molecular flexibility index (Phi) is 29.7. The van der Waals surface area contributed by atoms with Crippen LogP contribution in [0.15, 0.2) is 29.3 Å². The lowest BCUT2D eigenvalue weighted by Crippen LogP contribution is -2.60. The molecule has 1 aromatic heterocycles. The summed E-state index contributed by atoms with van der Waals surface area (Å²) in [6, 6.07) is -8.93. The Morgan fingerprint density at radius 3 is 2.07 bits per heavy atom. The lowest BCUT2D eigenvalue weighted by Gasteiger charge is -2.30. The van der Waals surface area contributed by atoms with Crippen LogP contribution in [-0.2, 0) is 49.6 Å². The molecule has 24 N–H and O–H groups in total. The highest BCUT2D eigenvalue weighted by molar-refractivity contribution is 6.00. The first-order valence-corrected chi connectivity index (χ1v) is 25.3. The number of guanidine groups is 1. The van der Waals surface area contributed by atoms with Gasteiger partial charge in [0.05, 0.1) is 25.0 Å². The van der Waals surface area contributed by atoms with Crippen molar-refractivity contribution in [2.75, 3.05) is 45.8 Å². The van der Waals surface area contributed by atoms with Crippen molar-refractivity contribution >= 4 is 59.1 Å². The largest absolute Gasteiger partial charge is 0.389 e. The maximum Gasteiger partial charge on any atom is 0.267 e. The minimum atomic E-state index is -1.56. The zero-order valence-electron chi connectivity index (χ0n) is 43.4. The average Bonchev–Trinajstić information content (AvgIpc) is 4.09. The molecule has 29 heteroatoms. The molecule has 9 amide bonds. The number of rotatable bonds is 35. The molecule has 1 fully saturated rings. The van der Waals surface area contributed by atoms with Crippen LogP contribution < -0.4 is 82.7 Å². The highest BCUT2D eigenvalue weighted by Crippen LogP contribution is 2.20. The summed E-state index contributed by atoms with van der Waals surface area (Å²) < 4.78 is 0. The molecule has 75 heavy (non-hydrogen) atoms. The SMILES string of the molecule is CC(C)NC(=O)/C(=C/CCN=C(N)N)NC(=O)[C@H](CCCCN)NC(=O)[C@H](Cc1cnc[nH]1)NC(=O)[C@@H]1CCCN1C(=O)[C@@H](CCCN)NC(=O)CNC(=O)[C@H](C)NC(=O)[C@@H](NC(=O)[C@@H](N)CCCCN)[C@@H](O)CN. The second-order valence-electron chi connectivity index (χ2n) is 18.4. The van der Waals surface area contributed by atoms with Gasteiger partial charge in [-0.1, -0.05) is 12.5 Å². The van der Waals surface area contributed by atoms with Crippen LogP contribution in [0.4, 0.5) is 0 Å². The highest BCUT2D eigenvalue weighted by Gasteiger charge is 2.40. The zero-order valence-corrected chi connectivity index (χ0v) is 43.4. The molecule has 0 radical (unpaired) electrons. The Bertz CT molecular complexity index is 2070. The van der Waals surface area contributed by atoms with Crippen molar-refractivity contribution in [3.8, 4) is 0 Å². The molecule has 0 aliphatic carbocycles. The number of hydrogen-bond donors (Lipinski definition) is 17. The first kappa shape index (κ1) is 64.3. The molecular weight excluding hydrogens is 979 g/mol. The molecule has 0 spiro atoms. The second-order valence-corrected chi connectivity index (χ2v) is 18.4. The number of nitrogens with two attached hydrogens (primary N) is 7. The lowest BCUT2D eigenvalue weighted by atomic mass is 10.1. The van der Waals surface area contributed by atoms with Gasteiger partial charge in [0.2, 0.25) is 47.3 Å². The van der Waals surface area contributed by atoms with Crippen molar-refractivity contribution in [2.24, 2.45) is 45.1 Å². The topological polar surface area (TPSA) is 497 Å². The fraction of sp³-hybridized carbons (Fsp3) is 0.674. The van der Waals surface area contributed by atoms with Crippen molar-refractivity contribution in [2.45, 2.75) is 152 Å². The molecule has 29 nitrogen and oxygen atoms in total. The average molecular weight is 1060 g/mol. The lowest BCUT2D eigenvalue weighted by molar-refractivity contribution is -0.142. The Morgan fingerprint density at radius 2 is 1.45 bits per heavy atom. The van der Waals surface area contributed by atoms with E-state index in [9.17, 15) is 48.3 Å². The minimum absolute atomic E-state index is 0.0599. The number of aliphatic hydroxyl groups excluding tert-OH is 1. The van der Waals surface area contributed by atoms with Crippen molar-refractivity contribution < 1.29 is 48.3 Å². The number of unbranched alkanes of at least 4 members (excludes halogenated alkanes) is 2. The van der Waals surface area contributed by atoms with Crippen LogP contribution in [0.2, 0.25) is 0 Å². The third-order valence-electron chi connectivity index (χ3n) is 11.7. The number of hydrogen-bond acceptors (Lipinski definition) is 17. The summed E-state index contributed by atoms with van der Waals surface area (Å²) in [7, 11) is 0. The molecule has 0 aromatic carbocycles. The summed E-state index contributed by atoms with van der Waals surface area (Å²) >= 11 is 0. The Hall–Kier alpha value is -6.79. The van der Waals surface area contributed by atoms with Gasteiger partial charge in [0, 0.05) is 44.0 Å². The van der Waals surface area contributed by atoms with Crippen LogP contribution in [0.3, 0.4) is 0 Å². The first-order valence-electron chi connectivity index (χ1n) is 25.3. The summed E-state index contributed by atoms with van der Waals surface area (Å²) in [4.78, 5) is 134. The molecule has 1 aliphatic rings. The van der Waals surface area contributed by atoms with Gasteiger partial charge in [-0.05, 0) is 105 Å². The molecular formula is C46H83N19O10. The van der Waals surface area contributed by atoms with Gasteiger partial charge in [-0.25, -0.2) is 4.98 Å². The van der Waals surface area contributed by atoms with Crippen LogP contribution in [-0.4, -0.2) is 179 Å². The van der Waals surface area contributed by atoms with E-state index in [1.807, 2.05) is 0 Å². The maximum atomic E-state index is 14.2. The Labute approximate surface area is 437 Å². The second kappa shape index (κ2) is 34.7. The number of aromatic nitrogens is 2. The number of H-pyrrole nitrogens is 1. The zero-order chi connectivity index (χ0) is 56.0. The molecule has 2 rings (SSSR count). The molecule has 8 atom stereocenters. The quantitative estimate of drug-likeness (QED) is 0.0130. The molecule has 422 valence electrons. The molecule has 0 unspecified atom stereocenters. The van der Waals surface area contributed by atoms with Gasteiger partial charge in [0.1, 0.15) is 41.9 Å². The third kappa shape index (κ3) is 23.5. The summed E-state index contributed by atoms with van der Waals surface area (Å²) in [6.07, 6.45) is 6.26. The summed E-state index contributed by atoms with van der Waals surface area (Å²) in [5.74, 6) is -6.82. The van der Waals surface area contributed by atoms with Crippen molar-refractivity contribution in [3.63, 3.8) is 0 Å². The number of imidazole rings is 1. The fourth-order valence-corrected chi connectivity index (χ4v) is 7.68. The number of likely N-dealkylation sites (tertiary alicyclic amines) is 1. The number of nitrogens with one attached hydrogen (secondary N) is 9. The van der Waals surface area contributed by atoms with Gasteiger partial charge in [0.25, 0.3) is 5.91 Å². The van der Waals surface area contributed by atoms with Gasteiger partial charge in [-0.15, -0.1) is 0 Å². The third-order valence-corrected chi connectivity index (χ3v) is 11.7. The molecule has 2 heterocycles. The molecule has 1 aromatic rings. The first-order chi connectivity index (χ1) is 35.7. The van der Waals surface area contributed by atoms with E-state index in [0.29, 0.717) is 50.9 Å². The number of carbonyl (C=O) groups is 9. The van der Waals surface area contributed by atoms with E-state index in [2.05, 4.69) is 57.5 Å². The van der Waals surface area contributed by atoms with E-state index < -0.39 is 115 Å². The number of aromatic amines is 1. The number of aliphatic hydroxyl groups is 1. The highest BCUT2D eigenvalue weighted by atomic mass is 16.3. The molecule has 1 aliphatic heterocycles. The molecule has 1 saturated heterocycles. The van der Waals surface area contributed by atoms with E-state index in [-0.39, 0.29) is 82.3 Å². The predicted octanol–water partition coefficient (Wildman–Crippen LogP) is -6.66. The van der Waals surface area contributed by atoms with Gasteiger partial charge < -0.3 is 97.7 Å². The van der Waals surface area contributed by atoms with Crippen LogP contribution in [0.25, 0.3) is 0 Å². The van der Waals surface area contributed by atoms with Crippen LogP contribution >= 0.6 is 0 Å².